The van der Waals surface area contributed by atoms with E-state index in [1.54, 1.807) is 24.3 Å². The van der Waals surface area contributed by atoms with Gasteiger partial charge in [-0.1, -0.05) is 42.5 Å². The minimum absolute atomic E-state index is 0.0316. The molecule has 2 atom stereocenters. The molecule has 10 heteroatoms. The van der Waals surface area contributed by atoms with E-state index in [-0.39, 0.29) is 65.6 Å². The van der Waals surface area contributed by atoms with E-state index < -0.39 is 15.8 Å². The van der Waals surface area contributed by atoms with Crippen LogP contribution < -0.4 is 0 Å². The molecule has 0 unspecified atom stereocenters. The molecule has 0 radical (unpaired) electrons. The van der Waals surface area contributed by atoms with Crippen molar-refractivity contribution in [3.8, 4) is 0 Å². The molecule has 2 aromatic rings. The molecule has 7 nitrogen and oxygen atoms in total. The number of piperidine rings is 1. The van der Waals surface area contributed by atoms with Gasteiger partial charge in [0.05, 0.1) is 10.3 Å². The van der Waals surface area contributed by atoms with Crippen LogP contribution in [0.1, 0.15) is 62.0 Å². The van der Waals surface area contributed by atoms with E-state index in [0.29, 0.717) is 26.2 Å². The molecular formula is C34H43F2N3O4S. The number of carbonyl (C=O) groups excluding carboxylic acids is 2. The number of hydrogen-bond acceptors (Lipinski definition) is 5. The van der Waals surface area contributed by atoms with Crippen LogP contribution in [0.25, 0.3) is 0 Å². The number of carbonyl (C=O) groups is 2. The van der Waals surface area contributed by atoms with Crippen LogP contribution in [0.3, 0.4) is 0 Å². The quantitative estimate of drug-likeness (QED) is 0.433. The van der Waals surface area contributed by atoms with Crippen molar-refractivity contribution >= 4 is 21.7 Å². The Bertz CT molecular complexity index is 1450. The lowest BCUT2D eigenvalue weighted by molar-refractivity contribution is -0.140. The largest absolute Gasteiger partial charge is 0.341 e. The summed E-state index contributed by atoms with van der Waals surface area (Å²) in [6.07, 6.45) is 3.74. The summed E-state index contributed by atoms with van der Waals surface area (Å²) >= 11 is 0. The number of hydrogen-bond donors (Lipinski definition) is 0. The molecule has 4 fully saturated rings. The Balaban J connectivity index is 1.06. The van der Waals surface area contributed by atoms with Gasteiger partial charge in [0.1, 0.15) is 0 Å². The second kappa shape index (κ2) is 12.2. The number of halogens is 2. The first-order chi connectivity index (χ1) is 20.9. The van der Waals surface area contributed by atoms with Gasteiger partial charge >= 0.3 is 0 Å². The fourth-order valence-electron chi connectivity index (χ4n) is 7.92. The van der Waals surface area contributed by atoms with Crippen LogP contribution >= 0.6 is 0 Å². The third-order valence-electron chi connectivity index (χ3n) is 10.7. The van der Waals surface area contributed by atoms with Gasteiger partial charge in [0.15, 0.2) is 9.84 Å². The predicted octanol–water partition coefficient (Wildman–Crippen LogP) is 4.97. The summed E-state index contributed by atoms with van der Waals surface area (Å²) in [7, 11) is -3.26. The Labute approximate surface area is 259 Å². The molecule has 4 aliphatic rings. The molecule has 1 aliphatic carbocycles. The van der Waals surface area contributed by atoms with Crippen LogP contribution in [-0.2, 0) is 26.0 Å². The Morgan fingerprint density at radius 2 is 1.52 bits per heavy atom. The zero-order valence-electron chi connectivity index (χ0n) is 25.5. The lowest BCUT2D eigenvalue weighted by Crippen LogP contribution is -2.46. The van der Waals surface area contributed by atoms with Crippen molar-refractivity contribution in [2.75, 3.05) is 45.5 Å². The third kappa shape index (κ3) is 6.57. The molecule has 1 spiro atoms. The summed E-state index contributed by atoms with van der Waals surface area (Å²) in [4.78, 5) is 33.7. The average Bonchev–Trinajstić information content (AvgIpc) is 3.55. The second-order valence-electron chi connectivity index (χ2n) is 13.6. The van der Waals surface area contributed by atoms with Crippen molar-refractivity contribution in [3.05, 3.63) is 65.7 Å². The lowest BCUT2D eigenvalue weighted by Gasteiger charge is -2.39. The van der Waals surface area contributed by atoms with Crippen LogP contribution in [0.2, 0.25) is 0 Å². The number of benzene rings is 2. The van der Waals surface area contributed by atoms with Crippen LogP contribution in [0, 0.1) is 17.3 Å². The van der Waals surface area contributed by atoms with Gasteiger partial charge in [-0.05, 0) is 74.4 Å². The first-order valence-corrected chi connectivity index (χ1v) is 17.8. The minimum Gasteiger partial charge on any atom is -0.341 e. The summed E-state index contributed by atoms with van der Waals surface area (Å²) in [6, 6.07) is 17.1. The van der Waals surface area contributed by atoms with Gasteiger partial charge in [-0.2, -0.15) is 0 Å². The van der Waals surface area contributed by atoms with Crippen LogP contribution in [0.4, 0.5) is 8.78 Å². The van der Waals surface area contributed by atoms with E-state index in [4.69, 9.17) is 0 Å². The molecule has 3 aliphatic heterocycles. The average molecular weight is 628 g/mol. The number of rotatable bonds is 7. The molecule has 44 heavy (non-hydrogen) atoms. The first-order valence-electron chi connectivity index (χ1n) is 15.9. The van der Waals surface area contributed by atoms with Gasteiger partial charge < -0.3 is 14.7 Å². The number of sulfone groups is 1. The van der Waals surface area contributed by atoms with Gasteiger partial charge in [0.25, 0.3) is 0 Å². The number of amides is 2. The summed E-state index contributed by atoms with van der Waals surface area (Å²) in [5.74, 6) is -2.30. The van der Waals surface area contributed by atoms with Gasteiger partial charge in [0, 0.05) is 63.7 Å². The van der Waals surface area contributed by atoms with Crippen molar-refractivity contribution in [3.63, 3.8) is 0 Å². The molecular weight excluding hydrogens is 584 g/mol. The summed E-state index contributed by atoms with van der Waals surface area (Å²) in [6.45, 7) is 4.94. The Morgan fingerprint density at radius 1 is 0.886 bits per heavy atom. The fraction of sp³-hybridized carbons (Fsp3) is 0.588. The van der Waals surface area contributed by atoms with E-state index in [2.05, 4.69) is 17.0 Å². The molecule has 2 amide bonds. The topological polar surface area (TPSA) is 78.0 Å². The van der Waals surface area contributed by atoms with Crippen molar-refractivity contribution in [2.24, 2.45) is 17.3 Å². The Hall–Kier alpha value is -2.85. The maximum atomic E-state index is 13.8. The highest BCUT2D eigenvalue weighted by atomic mass is 32.2. The van der Waals surface area contributed by atoms with E-state index in [1.807, 2.05) is 28.0 Å². The molecule has 6 rings (SSSR count). The predicted molar refractivity (Wildman–Crippen MR) is 164 cm³/mol. The van der Waals surface area contributed by atoms with E-state index in [0.717, 1.165) is 44.5 Å². The smallest absolute Gasteiger partial charge is 0.248 e. The lowest BCUT2D eigenvalue weighted by atomic mass is 9.76. The van der Waals surface area contributed by atoms with Crippen LogP contribution in [0.5, 0.6) is 0 Å². The monoisotopic (exact) mass is 627 g/mol. The molecule has 3 saturated heterocycles. The van der Waals surface area contributed by atoms with Crippen molar-refractivity contribution < 1.29 is 26.8 Å². The molecule has 3 heterocycles. The van der Waals surface area contributed by atoms with E-state index in [1.165, 1.54) is 11.8 Å². The first kappa shape index (κ1) is 31.1. The molecule has 0 aromatic heterocycles. The highest BCUT2D eigenvalue weighted by molar-refractivity contribution is 7.90. The number of nitrogens with zero attached hydrogens (tertiary/aromatic N) is 3. The summed E-state index contributed by atoms with van der Waals surface area (Å²) in [5.41, 5.74) is 1.79. The van der Waals surface area contributed by atoms with Gasteiger partial charge in [-0.25, -0.2) is 17.2 Å². The molecule has 1 saturated carbocycles. The van der Waals surface area contributed by atoms with Gasteiger partial charge in [-0.15, -0.1) is 0 Å². The normalized spacial score (nSPS) is 26.0. The van der Waals surface area contributed by atoms with Crippen molar-refractivity contribution in [2.45, 2.75) is 68.2 Å². The molecule has 238 valence electrons. The van der Waals surface area contributed by atoms with Crippen molar-refractivity contribution in [1.29, 1.82) is 0 Å². The van der Waals surface area contributed by atoms with Gasteiger partial charge in [-0.3, -0.25) is 9.59 Å². The minimum atomic E-state index is -3.26. The zero-order chi connectivity index (χ0) is 31.1. The molecule has 2 aromatic carbocycles. The fourth-order valence-corrected chi connectivity index (χ4v) is 8.56. The zero-order valence-corrected chi connectivity index (χ0v) is 26.3. The van der Waals surface area contributed by atoms with E-state index in [9.17, 15) is 26.8 Å². The standard InChI is InChI=1S/C34H43F2N3O4S/c1-44(42,43)29-9-7-25(8-10-29)21-38-20-17-33(32(38)41)15-18-37(19-16-33)22-28-23-39(24-30(28)26-5-3-2-4-6-26)31(40)27-11-13-34(35,36)14-12-27/h2-10,27-28,30H,11-24H2,1H3/t28-,30+/m0/s1. The van der Waals surface area contributed by atoms with Crippen LogP contribution in [0.15, 0.2) is 59.5 Å². The van der Waals surface area contributed by atoms with Crippen molar-refractivity contribution in [1.82, 2.24) is 14.7 Å². The Kier molecular flexibility index (Phi) is 8.60. The summed E-state index contributed by atoms with van der Waals surface area (Å²) < 4.78 is 51.1. The highest BCUT2D eigenvalue weighted by Crippen LogP contribution is 2.44. The van der Waals surface area contributed by atoms with Gasteiger partial charge in [0.2, 0.25) is 17.7 Å². The Morgan fingerprint density at radius 3 is 2.16 bits per heavy atom. The highest BCUT2D eigenvalue weighted by Gasteiger charge is 2.49. The second-order valence-corrected chi connectivity index (χ2v) is 15.6. The molecule has 0 N–H and O–H groups in total. The molecule has 0 bridgehead atoms. The number of likely N-dealkylation sites (tertiary alicyclic amines) is 3. The third-order valence-corrected chi connectivity index (χ3v) is 11.8. The van der Waals surface area contributed by atoms with Crippen LogP contribution in [-0.4, -0.2) is 86.4 Å². The summed E-state index contributed by atoms with van der Waals surface area (Å²) in [5, 5.41) is 0. The maximum absolute atomic E-state index is 13.8. The SMILES string of the molecule is CS(=O)(=O)c1ccc(CN2CCC3(CCN(C[C@H]4CN(C(=O)C5CCC(F)(F)CC5)C[C@@H]4c4ccccc4)CC3)C2=O)cc1. The number of alkyl halides is 2. The van der Waals surface area contributed by atoms with E-state index >= 15 is 0 Å². The maximum Gasteiger partial charge on any atom is 0.248 e.